The maximum absolute atomic E-state index is 12.5. The number of morpholine rings is 1. The molecular weight excluding hydrogens is 340 g/mol. The second-order valence-electron chi connectivity index (χ2n) is 6.75. The molecule has 0 saturated carbocycles. The Bertz CT molecular complexity index is 798. The van der Waals surface area contributed by atoms with E-state index in [2.05, 4.69) is 10.2 Å². The van der Waals surface area contributed by atoms with Crippen molar-refractivity contribution in [3.8, 4) is 11.1 Å². The zero-order chi connectivity index (χ0) is 19.1. The number of ether oxygens (including phenoxy) is 1. The lowest BCUT2D eigenvalue weighted by molar-refractivity contribution is 0.0374. The van der Waals surface area contributed by atoms with E-state index in [1.807, 2.05) is 42.5 Å². The van der Waals surface area contributed by atoms with Gasteiger partial charge in [0.2, 0.25) is 0 Å². The standard InChI is InChI=1S/C22H26N2O3/c1-17(25)20-8-2-3-9-21(20)18-6-4-7-19(16-18)22(26)23-10-5-11-24-12-14-27-15-13-24/h2-4,6-9,16H,5,10-15H2,1H3,(H,23,26). The molecule has 1 amide bonds. The fourth-order valence-corrected chi connectivity index (χ4v) is 3.30. The zero-order valence-electron chi connectivity index (χ0n) is 15.7. The van der Waals surface area contributed by atoms with E-state index in [0.717, 1.165) is 50.4 Å². The van der Waals surface area contributed by atoms with E-state index in [0.29, 0.717) is 17.7 Å². The van der Waals surface area contributed by atoms with Crippen molar-refractivity contribution in [2.24, 2.45) is 0 Å². The Morgan fingerprint density at radius 3 is 2.63 bits per heavy atom. The Morgan fingerprint density at radius 1 is 1.07 bits per heavy atom. The second kappa shape index (κ2) is 9.44. The van der Waals surface area contributed by atoms with Gasteiger partial charge in [0.15, 0.2) is 5.78 Å². The molecule has 5 heteroatoms. The highest BCUT2D eigenvalue weighted by Gasteiger charge is 2.12. The van der Waals surface area contributed by atoms with Crippen LogP contribution in [-0.2, 0) is 4.74 Å². The summed E-state index contributed by atoms with van der Waals surface area (Å²) in [6, 6.07) is 14.9. The quantitative estimate of drug-likeness (QED) is 0.605. The number of amides is 1. The van der Waals surface area contributed by atoms with Crippen molar-refractivity contribution in [2.75, 3.05) is 39.4 Å². The fourth-order valence-electron chi connectivity index (χ4n) is 3.30. The largest absolute Gasteiger partial charge is 0.379 e. The minimum atomic E-state index is -0.0841. The molecule has 0 radical (unpaired) electrons. The number of nitrogens with zero attached hydrogens (tertiary/aromatic N) is 1. The molecule has 3 rings (SSSR count). The van der Waals surface area contributed by atoms with Crippen LogP contribution in [0.4, 0.5) is 0 Å². The Labute approximate surface area is 160 Å². The van der Waals surface area contributed by atoms with Gasteiger partial charge in [-0.2, -0.15) is 0 Å². The summed E-state index contributed by atoms with van der Waals surface area (Å²) in [4.78, 5) is 26.7. The number of hydrogen-bond acceptors (Lipinski definition) is 4. The van der Waals surface area contributed by atoms with Crippen LogP contribution in [0.15, 0.2) is 48.5 Å². The van der Waals surface area contributed by atoms with Gasteiger partial charge in [-0.25, -0.2) is 0 Å². The van der Waals surface area contributed by atoms with Gasteiger partial charge in [-0.15, -0.1) is 0 Å². The molecule has 0 spiro atoms. The van der Waals surface area contributed by atoms with Gasteiger partial charge in [-0.1, -0.05) is 36.4 Å². The number of carbonyl (C=O) groups is 2. The van der Waals surface area contributed by atoms with Crippen molar-refractivity contribution < 1.29 is 14.3 Å². The molecule has 0 aliphatic carbocycles. The summed E-state index contributed by atoms with van der Waals surface area (Å²) in [6.45, 7) is 6.68. The van der Waals surface area contributed by atoms with Crippen molar-refractivity contribution in [1.82, 2.24) is 10.2 Å². The topological polar surface area (TPSA) is 58.6 Å². The molecule has 1 heterocycles. The Morgan fingerprint density at radius 2 is 1.85 bits per heavy atom. The van der Waals surface area contributed by atoms with Crippen molar-refractivity contribution in [1.29, 1.82) is 0 Å². The van der Waals surface area contributed by atoms with Gasteiger partial charge in [0.1, 0.15) is 0 Å². The summed E-state index contributed by atoms with van der Waals surface area (Å²) in [5.41, 5.74) is 3.01. The van der Waals surface area contributed by atoms with Gasteiger partial charge < -0.3 is 10.1 Å². The lowest BCUT2D eigenvalue weighted by Crippen LogP contribution is -2.38. The molecule has 1 N–H and O–H groups in total. The first-order valence-corrected chi connectivity index (χ1v) is 9.44. The predicted octanol–water partition coefficient (Wildman–Crippen LogP) is 3.01. The number of nitrogens with one attached hydrogen (secondary N) is 1. The molecule has 142 valence electrons. The third-order valence-electron chi connectivity index (χ3n) is 4.78. The van der Waals surface area contributed by atoms with Crippen LogP contribution in [0.25, 0.3) is 11.1 Å². The van der Waals surface area contributed by atoms with Crippen molar-refractivity contribution in [3.63, 3.8) is 0 Å². The molecule has 0 atom stereocenters. The SMILES string of the molecule is CC(=O)c1ccccc1-c1cccc(C(=O)NCCCN2CCOCC2)c1. The first-order valence-electron chi connectivity index (χ1n) is 9.44. The zero-order valence-corrected chi connectivity index (χ0v) is 15.7. The van der Waals surface area contributed by atoms with E-state index in [-0.39, 0.29) is 11.7 Å². The molecule has 1 saturated heterocycles. The van der Waals surface area contributed by atoms with Crippen molar-refractivity contribution in [3.05, 3.63) is 59.7 Å². The summed E-state index contributed by atoms with van der Waals surface area (Å²) in [5, 5.41) is 2.99. The summed E-state index contributed by atoms with van der Waals surface area (Å²) in [6.07, 6.45) is 0.915. The highest BCUT2D eigenvalue weighted by atomic mass is 16.5. The third-order valence-corrected chi connectivity index (χ3v) is 4.78. The number of carbonyl (C=O) groups excluding carboxylic acids is 2. The minimum Gasteiger partial charge on any atom is -0.379 e. The van der Waals surface area contributed by atoms with Crippen LogP contribution < -0.4 is 5.32 Å². The number of hydrogen-bond donors (Lipinski definition) is 1. The molecular formula is C22H26N2O3. The van der Waals surface area contributed by atoms with E-state index in [1.54, 1.807) is 13.0 Å². The Kier molecular flexibility index (Phi) is 6.74. The average molecular weight is 366 g/mol. The summed E-state index contributed by atoms with van der Waals surface area (Å²) >= 11 is 0. The molecule has 1 aliphatic rings. The molecule has 1 fully saturated rings. The maximum Gasteiger partial charge on any atom is 0.251 e. The summed E-state index contributed by atoms with van der Waals surface area (Å²) in [5.74, 6) is -0.0669. The Hall–Kier alpha value is -2.50. The van der Waals surface area contributed by atoms with E-state index in [1.165, 1.54) is 0 Å². The van der Waals surface area contributed by atoms with Crippen LogP contribution in [0.5, 0.6) is 0 Å². The third kappa shape index (κ3) is 5.25. The second-order valence-corrected chi connectivity index (χ2v) is 6.75. The summed E-state index contributed by atoms with van der Waals surface area (Å²) in [7, 11) is 0. The molecule has 1 aliphatic heterocycles. The minimum absolute atomic E-state index is 0.0172. The number of rotatable bonds is 7. The van der Waals surface area contributed by atoms with Crippen LogP contribution in [-0.4, -0.2) is 56.0 Å². The molecule has 5 nitrogen and oxygen atoms in total. The van der Waals surface area contributed by atoms with Crippen LogP contribution in [0, 0.1) is 0 Å². The van der Waals surface area contributed by atoms with E-state index in [4.69, 9.17) is 4.74 Å². The first-order chi connectivity index (χ1) is 13.1. The monoisotopic (exact) mass is 366 g/mol. The molecule has 27 heavy (non-hydrogen) atoms. The van der Waals surface area contributed by atoms with Crippen LogP contribution in [0.2, 0.25) is 0 Å². The van der Waals surface area contributed by atoms with E-state index < -0.39 is 0 Å². The molecule has 2 aromatic rings. The normalized spacial score (nSPS) is 14.7. The van der Waals surface area contributed by atoms with Gasteiger partial charge >= 0.3 is 0 Å². The summed E-state index contributed by atoms with van der Waals surface area (Å²) < 4.78 is 5.34. The maximum atomic E-state index is 12.5. The number of Topliss-reactive ketones (excluding diaryl/α,β-unsaturated/α-hetero) is 1. The van der Waals surface area contributed by atoms with Crippen LogP contribution in [0.3, 0.4) is 0 Å². The highest BCUT2D eigenvalue weighted by Crippen LogP contribution is 2.25. The van der Waals surface area contributed by atoms with Crippen molar-refractivity contribution in [2.45, 2.75) is 13.3 Å². The van der Waals surface area contributed by atoms with Gasteiger partial charge in [0.05, 0.1) is 13.2 Å². The predicted molar refractivity (Wildman–Crippen MR) is 106 cm³/mol. The van der Waals surface area contributed by atoms with Crippen molar-refractivity contribution >= 4 is 11.7 Å². The first kappa shape index (κ1) is 19.3. The van der Waals surface area contributed by atoms with E-state index >= 15 is 0 Å². The van der Waals surface area contributed by atoms with Crippen LogP contribution >= 0.6 is 0 Å². The van der Waals surface area contributed by atoms with Gasteiger partial charge in [-0.3, -0.25) is 14.5 Å². The van der Waals surface area contributed by atoms with Gasteiger partial charge in [0.25, 0.3) is 5.91 Å². The smallest absolute Gasteiger partial charge is 0.251 e. The average Bonchev–Trinajstić information content (AvgIpc) is 2.72. The number of ketones is 1. The molecule has 0 bridgehead atoms. The number of benzene rings is 2. The van der Waals surface area contributed by atoms with Crippen LogP contribution in [0.1, 0.15) is 34.1 Å². The van der Waals surface area contributed by atoms with Gasteiger partial charge in [-0.05, 0) is 43.1 Å². The molecule has 2 aromatic carbocycles. The lowest BCUT2D eigenvalue weighted by atomic mass is 9.96. The fraction of sp³-hybridized carbons (Fsp3) is 0.364. The van der Waals surface area contributed by atoms with E-state index in [9.17, 15) is 9.59 Å². The Balaban J connectivity index is 1.60. The molecule has 0 unspecified atom stereocenters. The highest BCUT2D eigenvalue weighted by molar-refractivity contribution is 6.02. The lowest BCUT2D eigenvalue weighted by Gasteiger charge is -2.26. The van der Waals surface area contributed by atoms with Gasteiger partial charge in [0, 0.05) is 30.8 Å². The molecule has 0 aromatic heterocycles.